The molecule has 1 aliphatic carbocycles. The summed E-state index contributed by atoms with van der Waals surface area (Å²) in [6.07, 6.45) is 1.75. The first-order valence-corrected chi connectivity index (χ1v) is 7.71. The van der Waals surface area contributed by atoms with Crippen LogP contribution in [0.3, 0.4) is 0 Å². The zero-order chi connectivity index (χ0) is 16.7. The first kappa shape index (κ1) is 14.6. The molecule has 0 aliphatic heterocycles. The van der Waals surface area contributed by atoms with Gasteiger partial charge in [0.05, 0.1) is 13.1 Å². The zero-order valence-electron chi connectivity index (χ0n) is 13.4. The number of nitrogens with one attached hydrogen (secondary N) is 1. The maximum absolute atomic E-state index is 12.2. The molecule has 2 heterocycles. The molecule has 2 aromatic heterocycles. The number of tetrazole rings is 1. The quantitative estimate of drug-likeness (QED) is 0.785. The number of fused-ring (bicyclic) bond motifs is 1. The number of aryl methyl sites for hydroxylation is 3. The molecule has 122 valence electrons. The average molecular weight is 324 g/mol. The third-order valence-electron chi connectivity index (χ3n) is 4.16. The Bertz CT molecular complexity index is 913. The largest absolute Gasteiger partial charge is 0.361 e. The van der Waals surface area contributed by atoms with Crippen LogP contribution in [0.25, 0.3) is 11.3 Å². The summed E-state index contributed by atoms with van der Waals surface area (Å²) in [6.45, 7) is 1.87. The molecule has 0 unspecified atom stereocenters. The Hall–Kier alpha value is -3.03. The summed E-state index contributed by atoms with van der Waals surface area (Å²) in [4.78, 5) is 13.5. The van der Waals surface area contributed by atoms with E-state index in [1.165, 1.54) is 10.4 Å². The van der Waals surface area contributed by atoms with Gasteiger partial charge in [-0.1, -0.05) is 17.3 Å². The molecule has 1 atom stereocenters. The maximum Gasteiger partial charge on any atom is 0.293 e. The molecule has 24 heavy (non-hydrogen) atoms. The summed E-state index contributed by atoms with van der Waals surface area (Å²) in [5.74, 6) is 0.560. The van der Waals surface area contributed by atoms with Crippen molar-refractivity contribution < 1.29 is 9.32 Å². The molecule has 8 nitrogen and oxygen atoms in total. The number of amides is 1. The normalized spacial score (nSPS) is 16.2. The number of hydrogen-bond donors (Lipinski definition) is 1. The van der Waals surface area contributed by atoms with Crippen LogP contribution in [0, 0.1) is 6.92 Å². The third-order valence-corrected chi connectivity index (χ3v) is 4.16. The molecular formula is C16H16N6O2. The lowest BCUT2D eigenvalue weighted by Gasteiger charge is -2.12. The second-order valence-corrected chi connectivity index (χ2v) is 5.90. The minimum Gasteiger partial charge on any atom is -0.361 e. The van der Waals surface area contributed by atoms with Crippen LogP contribution in [-0.2, 0) is 13.5 Å². The number of hydrogen-bond acceptors (Lipinski definition) is 6. The van der Waals surface area contributed by atoms with Crippen molar-refractivity contribution in [1.82, 2.24) is 30.7 Å². The van der Waals surface area contributed by atoms with Crippen LogP contribution in [0.15, 0.2) is 28.8 Å². The van der Waals surface area contributed by atoms with Crippen molar-refractivity contribution in [3.8, 4) is 11.3 Å². The Labute approximate surface area is 137 Å². The highest BCUT2D eigenvalue weighted by molar-refractivity contribution is 5.90. The van der Waals surface area contributed by atoms with Gasteiger partial charge in [-0.3, -0.25) is 4.79 Å². The second-order valence-electron chi connectivity index (χ2n) is 5.90. The summed E-state index contributed by atoms with van der Waals surface area (Å²) < 4.78 is 5.13. The maximum atomic E-state index is 12.2. The van der Waals surface area contributed by atoms with Gasteiger partial charge in [-0.15, -0.1) is 10.2 Å². The summed E-state index contributed by atoms with van der Waals surface area (Å²) >= 11 is 0. The Kier molecular flexibility index (Phi) is 3.37. The van der Waals surface area contributed by atoms with Gasteiger partial charge in [0.15, 0.2) is 0 Å². The molecule has 1 amide bonds. The molecular weight excluding hydrogens is 308 g/mol. The Morgan fingerprint density at radius 2 is 2.25 bits per heavy atom. The van der Waals surface area contributed by atoms with E-state index in [1.54, 1.807) is 7.05 Å². The van der Waals surface area contributed by atoms with E-state index in [0.29, 0.717) is 0 Å². The lowest BCUT2D eigenvalue weighted by atomic mass is 10.0. The fraction of sp³-hybridized carbons (Fsp3) is 0.312. The van der Waals surface area contributed by atoms with Crippen molar-refractivity contribution in [2.75, 3.05) is 0 Å². The molecule has 3 aromatic rings. The molecule has 1 aliphatic rings. The zero-order valence-corrected chi connectivity index (χ0v) is 13.4. The highest BCUT2D eigenvalue weighted by Gasteiger charge is 2.26. The molecule has 4 rings (SSSR count). The van der Waals surface area contributed by atoms with Gasteiger partial charge < -0.3 is 9.84 Å². The number of carbonyl (C=O) groups is 1. The van der Waals surface area contributed by atoms with Crippen LogP contribution in [0.5, 0.6) is 0 Å². The lowest BCUT2D eigenvalue weighted by molar-refractivity contribution is 0.0926. The van der Waals surface area contributed by atoms with Crippen LogP contribution in [0.4, 0.5) is 0 Å². The SMILES string of the molecule is Cc1cc(-c2ccc3c(c2)CC[C@H]3NC(=O)c2nnn(C)n2)no1. The highest BCUT2D eigenvalue weighted by atomic mass is 16.5. The number of rotatable bonds is 3. The fourth-order valence-corrected chi connectivity index (χ4v) is 3.03. The number of carbonyl (C=O) groups excluding carboxylic acids is 1. The highest BCUT2D eigenvalue weighted by Crippen LogP contribution is 2.34. The van der Waals surface area contributed by atoms with Crippen LogP contribution in [0.2, 0.25) is 0 Å². The van der Waals surface area contributed by atoms with Crippen LogP contribution < -0.4 is 5.32 Å². The molecule has 1 N–H and O–H groups in total. The minimum atomic E-state index is -0.308. The van der Waals surface area contributed by atoms with Crippen molar-refractivity contribution in [3.05, 3.63) is 47.0 Å². The number of benzene rings is 1. The smallest absolute Gasteiger partial charge is 0.293 e. The molecule has 8 heteroatoms. The molecule has 0 saturated heterocycles. The Morgan fingerprint density at radius 1 is 1.38 bits per heavy atom. The summed E-state index contributed by atoms with van der Waals surface area (Å²) in [6, 6.07) is 8.02. The van der Waals surface area contributed by atoms with E-state index in [2.05, 4.69) is 32.0 Å². The Morgan fingerprint density at radius 3 is 2.96 bits per heavy atom. The predicted molar refractivity (Wildman–Crippen MR) is 84.0 cm³/mol. The van der Waals surface area contributed by atoms with Gasteiger partial charge in [-0.25, -0.2) is 0 Å². The van der Waals surface area contributed by atoms with E-state index >= 15 is 0 Å². The van der Waals surface area contributed by atoms with E-state index in [-0.39, 0.29) is 17.8 Å². The third kappa shape index (κ3) is 2.55. The molecule has 0 radical (unpaired) electrons. The van der Waals surface area contributed by atoms with Crippen LogP contribution >= 0.6 is 0 Å². The summed E-state index contributed by atoms with van der Waals surface area (Å²) in [7, 11) is 1.63. The van der Waals surface area contributed by atoms with E-state index in [0.717, 1.165) is 35.4 Å². The summed E-state index contributed by atoms with van der Waals surface area (Å²) in [5.41, 5.74) is 4.18. The predicted octanol–water partition coefficient (Wildman–Crippen LogP) is 1.59. The topological polar surface area (TPSA) is 98.7 Å². The molecule has 1 aromatic carbocycles. The molecule has 0 saturated carbocycles. The van der Waals surface area contributed by atoms with Crippen molar-refractivity contribution in [3.63, 3.8) is 0 Å². The van der Waals surface area contributed by atoms with Gasteiger partial charge in [0.2, 0.25) is 0 Å². The minimum absolute atomic E-state index is 0.0376. The van der Waals surface area contributed by atoms with Crippen LogP contribution in [0.1, 0.15) is 40.0 Å². The van der Waals surface area contributed by atoms with Gasteiger partial charge >= 0.3 is 0 Å². The van der Waals surface area contributed by atoms with Crippen molar-refractivity contribution in [2.45, 2.75) is 25.8 Å². The molecule has 0 bridgehead atoms. The number of nitrogens with zero attached hydrogens (tertiary/aromatic N) is 5. The van der Waals surface area contributed by atoms with E-state index in [9.17, 15) is 4.79 Å². The fourth-order valence-electron chi connectivity index (χ4n) is 3.03. The van der Waals surface area contributed by atoms with Gasteiger partial charge in [-0.2, -0.15) is 4.80 Å². The van der Waals surface area contributed by atoms with E-state index in [4.69, 9.17) is 4.52 Å². The molecule has 0 fully saturated rings. The average Bonchev–Trinajstić information content (AvgIpc) is 3.28. The van der Waals surface area contributed by atoms with E-state index < -0.39 is 0 Å². The van der Waals surface area contributed by atoms with Gasteiger partial charge in [-0.05, 0) is 42.2 Å². The van der Waals surface area contributed by atoms with E-state index in [1.807, 2.05) is 25.1 Å². The molecule has 0 spiro atoms. The lowest BCUT2D eigenvalue weighted by Crippen LogP contribution is -2.28. The first-order chi connectivity index (χ1) is 11.6. The van der Waals surface area contributed by atoms with Crippen LogP contribution in [-0.4, -0.2) is 31.3 Å². The van der Waals surface area contributed by atoms with Crippen molar-refractivity contribution in [2.24, 2.45) is 7.05 Å². The van der Waals surface area contributed by atoms with Crippen molar-refractivity contribution in [1.29, 1.82) is 0 Å². The van der Waals surface area contributed by atoms with Gasteiger partial charge in [0.25, 0.3) is 11.7 Å². The summed E-state index contributed by atoms with van der Waals surface area (Å²) in [5, 5.41) is 18.4. The van der Waals surface area contributed by atoms with Gasteiger partial charge in [0.1, 0.15) is 11.5 Å². The first-order valence-electron chi connectivity index (χ1n) is 7.71. The standard InChI is InChI=1S/C16H16N6O2/c1-9-7-14(20-24-9)11-3-5-12-10(8-11)4-6-13(12)17-16(23)15-18-21-22(2)19-15/h3,5,7-8,13H,4,6H2,1-2H3,(H,17,23)/t13-/m1/s1. The number of aromatic nitrogens is 5. The van der Waals surface area contributed by atoms with Crippen molar-refractivity contribution >= 4 is 5.91 Å². The Balaban J connectivity index is 1.55. The second kappa shape index (κ2) is 5.55. The monoisotopic (exact) mass is 324 g/mol. The van der Waals surface area contributed by atoms with Gasteiger partial charge in [0, 0.05) is 11.6 Å².